The van der Waals surface area contributed by atoms with Crippen LogP contribution in [0.3, 0.4) is 0 Å². The molecule has 0 saturated carbocycles. The second-order valence-corrected chi connectivity index (χ2v) is 6.12. The maximum Gasteiger partial charge on any atom is 0.416 e. The van der Waals surface area contributed by atoms with Gasteiger partial charge in [-0.2, -0.15) is 13.2 Å². The van der Waals surface area contributed by atoms with Gasteiger partial charge in [0.05, 0.1) is 17.8 Å². The van der Waals surface area contributed by atoms with Gasteiger partial charge >= 0.3 is 6.18 Å². The maximum absolute atomic E-state index is 12.9. The molecule has 0 radical (unpaired) electrons. The van der Waals surface area contributed by atoms with Crippen molar-refractivity contribution in [3.8, 4) is 0 Å². The first-order valence-corrected chi connectivity index (χ1v) is 7.64. The van der Waals surface area contributed by atoms with Gasteiger partial charge in [0.25, 0.3) is 0 Å². The van der Waals surface area contributed by atoms with Crippen LogP contribution in [0, 0.1) is 0 Å². The topological polar surface area (TPSA) is 32.7 Å². The lowest BCUT2D eigenvalue weighted by Gasteiger charge is -2.27. The quantitative estimate of drug-likeness (QED) is 0.931. The summed E-state index contributed by atoms with van der Waals surface area (Å²) in [5.74, 6) is 0. The number of hydrogen-bond donors (Lipinski definition) is 1. The van der Waals surface area contributed by atoms with Crippen LogP contribution in [0.25, 0.3) is 0 Å². The summed E-state index contributed by atoms with van der Waals surface area (Å²) >= 11 is 0. The van der Waals surface area contributed by atoms with E-state index >= 15 is 0 Å². The molecule has 6 heteroatoms. The van der Waals surface area contributed by atoms with Gasteiger partial charge in [0.2, 0.25) is 0 Å². The number of aliphatic hydroxyl groups excluding tert-OH is 1. The molecule has 0 aromatic heterocycles. The molecule has 0 spiro atoms. The number of nitrogens with zero attached hydrogens (tertiary/aromatic N) is 1. The van der Waals surface area contributed by atoms with Crippen molar-refractivity contribution in [2.75, 3.05) is 19.7 Å². The van der Waals surface area contributed by atoms with Gasteiger partial charge in [-0.3, -0.25) is 4.90 Å². The number of rotatable bonds is 3. The molecular weight excluding hydrogens is 295 g/mol. The van der Waals surface area contributed by atoms with Crippen molar-refractivity contribution >= 4 is 0 Å². The standard InChI is InChI=1S/C16H20F3NO2/c17-16(18,19)12-4-1-3-11(7-12)15-8-13(21)9-20(15)10-14-5-2-6-22-14/h1,3-4,7,13-15,21H,2,5-6,8-10H2. The number of benzene rings is 1. The largest absolute Gasteiger partial charge is 0.416 e. The summed E-state index contributed by atoms with van der Waals surface area (Å²) in [6, 6.07) is 5.25. The van der Waals surface area contributed by atoms with E-state index in [0.29, 0.717) is 25.1 Å². The minimum atomic E-state index is -4.34. The Morgan fingerprint density at radius 1 is 1.32 bits per heavy atom. The zero-order valence-electron chi connectivity index (χ0n) is 12.2. The summed E-state index contributed by atoms with van der Waals surface area (Å²) in [5, 5.41) is 9.93. The molecule has 22 heavy (non-hydrogen) atoms. The minimum Gasteiger partial charge on any atom is -0.392 e. The van der Waals surface area contributed by atoms with E-state index < -0.39 is 17.8 Å². The highest BCUT2D eigenvalue weighted by atomic mass is 19.4. The number of aliphatic hydroxyl groups is 1. The molecular formula is C16H20F3NO2. The molecule has 0 aliphatic carbocycles. The molecule has 0 amide bonds. The second-order valence-electron chi connectivity index (χ2n) is 6.12. The monoisotopic (exact) mass is 315 g/mol. The molecule has 2 fully saturated rings. The molecule has 2 heterocycles. The van der Waals surface area contributed by atoms with Crippen LogP contribution in [0.4, 0.5) is 13.2 Å². The van der Waals surface area contributed by atoms with Crippen molar-refractivity contribution in [1.82, 2.24) is 4.90 Å². The number of likely N-dealkylation sites (tertiary alicyclic amines) is 1. The van der Waals surface area contributed by atoms with E-state index in [-0.39, 0.29) is 12.1 Å². The van der Waals surface area contributed by atoms with E-state index in [0.717, 1.165) is 25.5 Å². The van der Waals surface area contributed by atoms with E-state index in [1.807, 2.05) is 0 Å². The second kappa shape index (κ2) is 6.18. The number of β-amino-alcohol motifs (C(OH)–C–C–N with tert-alkyl or cyclic N) is 1. The summed E-state index contributed by atoms with van der Waals surface area (Å²) in [7, 11) is 0. The Bertz CT molecular complexity index is 514. The van der Waals surface area contributed by atoms with E-state index in [4.69, 9.17) is 4.74 Å². The van der Waals surface area contributed by atoms with Crippen molar-refractivity contribution in [3.63, 3.8) is 0 Å². The average molecular weight is 315 g/mol. The molecule has 3 unspecified atom stereocenters. The molecule has 2 aliphatic heterocycles. The number of alkyl halides is 3. The zero-order valence-corrected chi connectivity index (χ0v) is 12.2. The van der Waals surface area contributed by atoms with Gasteiger partial charge in [-0.05, 0) is 37.0 Å². The van der Waals surface area contributed by atoms with Crippen LogP contribution in [0.2, 0.25) is 0 Å². The summed E-state index contributed by atoms with van der Waals surface area (Å²) in [6.07, 6.45) is -2.25. The lowest BCUT2D eigenvalue weighted by Crippen LogP contribution is -2.32. The molecule has 0 bridgehead atoms. The average Bonchev–Trinajstić information content (AvgIpc) is 3.08. The summed E-state index contributed by atoms with van der Waals surface area (Å²) in [4.78, 5) is 2.05. The third kappa shape index (κ3) is 3.45. The molecule has 3 nitrogen and oxygen atoms in total. The van der Waals surface area contributed by atoms with Gasteiger partial charge in [-0.1, -0.05) is 12.1 Å². The fourth-order valence-electron chi connectivity index (χ4n) is 3.40. The number of hydrogen-bond acceptors (Lipinski definition) is 3. The van der Waals surface area contributed by atoms with Crippen molar-refractivity contribution in [3.05, 3.63) is 35.4 Å². The van der Waals surface area contributed by atoms with Gasteiger partial charge in [0.1, 0.15) is 0 Å². The van der Waals surface area contributed by atoms with Crippen molar-refractivity contribution in [2.45, 2.75) is 43.7 Å². The highest BCUT2D eigenvalue weighted by molar-refractivity contribution is 5.29. The normalized spacial score (nSPS) is 30.1. The lowest BCUT2D eigenvalue weighted by atomic mass is 10.0. The Morgan fingerprint density at radius 3 is 2.82 bits per heavy atom. The van der Waals surface area contributed by atoms with Gasteiger partial charge in [0, 0.05) is 25.7 Å². The summed E-state index contributed by atoms with van der Waals surface area (Å²) in [5.41, 5.74) is -0.0205. The Labute approximate surface area is 127 Å². The van der Waals surface area contributed by atoms with Crippen LogP contribution in [0.1, 0.15) is 36.4 Å². The van der Waals surface area contributed by atoms with Crippen LogP contribution >= 0.6 is 0 Å². The zero-order chi connectivity index (χ0) is 15.7. The van der Waals surface area contributed by atoms with Gasteiger partial charge < -0.3 is 9.84 Å². The summed E-state index contributed by atoms with van der Waals surface area (Å²) in [6.45, 7) is 1.90. The predicted octanol–water partition coefficient (Wildman–Crippen LogP) is 2.99. The van der Waals surface area contributed by atoms with Crippen molar-refractivity contribution in [1.29, 1.82) is 0 Å². The third-order valence-corrected chi connectivity index (χ3v) is 4.44. The Kier molecular flexibility index (Phi) is 4.43. The summed E-state index contributed by atoms with van der Waals surface area (Å²) < 4.78 is 44.2. The Hall–Kier alpha value is -1.11. The minimum absolute atomic E-state index is 0.124. The SMILES string of the molecule is OC1CC(c2cccc(C(F)(F)F)c2)N(CC2CCCO2)C1. The van der Waals surface area contributed by atoms with Crippen LogP contribution in [0.15, 0.2) is 24.3 Å². The molecule has 1 N–H and O–H groups in total. The number of halogens is 3. The van der Waals surface area contributed by atoms with Gasteiger partial charge in [-0.15, -0.1) is 0 Å². The highest BCUT2D eigenvalue weighted by Gasteiger charge is 2.36. The van der Waals surface area contributed by atoms with Crippen LogP contribution in [-0.4, -0.2) is 41.9 Å². The maximum atomic E-state index is 12.9. The first-order chi connectivity index (χ1) is 10.4. The first-order valence-electron chi connectivity index (χ1n) is 7.64. The van der Waals surface area contributed by atoms with Crippen LogP contribution in [0.5, 0.6) is 0 Å². The van der Waals surface area contributed by atoms with Gasteiger partial charge in [-0.25, -0.2) is 0 Å². The molecule has 1 aromatic carbocycles. The Balaban J connectivity index is 1.78. The lowest BCUT2D eigenvalue weighted by molar-refractivity contribution is -0.137. The third-order valence-electron chi connectivity index (χ3n) is 4.44. The molecule has 3 atom stereocenters. The smallest absolute Gasteiger partial charge is 0.392 e. The fraction of sp³-hybridized carbons (Fsp3) is 0.625. The Morgan fingerprint density at radius 2 is 2.14 bits per heavy atom. The molecule has 2 aliphatic rings. The van der Waals surface area contributed by atoms with Crippen LogP contribution < -0.4 is 0 Å². The molecule has 3 rings (SSSR count). The van der Waals surface area contributed by atoms with Crippen LogP contribution in [-0.2, 0) is 10.9 Å². The first kappa shape index (κ1) is 15.8. The predicted molar refractivity (Wildman–Crippen MR) is 75.4 cm³/mol. The van der Waals surface area contributed by atoms with Crippen molar-refractivity contribution < 1.29 is 23.0 Å². The molecule has 1 aromatic rings. The van der Waals surface area contributed by atoms with E-state index in [2.05, 4.69) is 4.90 Å². The highest BCUT2D eigenvalue weighted by Crippen LogP contribution is 2.36. The molecule has 2 saturated heterocycles. The van der Waals surface area contributed by atoms with Gasteiger partial charge in [0.15, 0.2) is 0 Å². The van der Waals surface area contributed by atoms with Crippen molar-refractivity contribution in [2.24, 2.45) is 0 Å². The van der Waals surface area contributed by atoms with E-state index in [1.54, 1.807) is 6.07 Å². The van der Waals surface area contributed by atoms with E-state index in [9.17, 15) is 18.3 Å². The number of ether oxygens (including phenoxy) is 1. The molecule has 122 valence electrons. The van der Waals surface area contributed by atoms with E-state index in [1.165, 1.54) is 12.1 Å². The fourth-order valence-corrected chi connectivity index (χ4v) is 3.40.